The molecule has 0 unspecified atom stereocenters. The van der Waals surface area contributed by atoms with Crippen molar-refractivity contribution in [1.82, 2.24) is 15.0 Å². The molecule has 3 aromatic carbocycles. The average molecular weight is 491 g/mol. The van der Waals surface area contributed by atoms with Crippen LogP contribution in [0.2, 0.25) is 0 Å². The van der Waals surface area contributed by atoms with E-state index in [4.69, 9.17) is 14.4 Å². The van der Waals surface area contributed by atoms with Gasteiger partial charge in [-0.3, -0.25) is 4.98 Å². The van der Waals surface area contributed by atoms with E-state index in [0.29, 0.717) is 0 Å². The van der Waals surface area contributed by atoms with Crippen molar-refractivity contribution >= 4 is 33.4 Å². The Morgan fingerprint density at radius 3 is 2.29 bits per heavy atom. The van der Waals surface area contributed by atoms with E-state index in [1.165, 1.54) is 0 Å². The molecule has 0 radical (unpaired) electrons. The number of hydrogen-bond donors (Lipinski definition) is 1. The van der Waals surface area contributed by atoms with E-state index in [1.807, 2.05) is 103 Å². The minimum Gasteiger partial charge on any atom is -0.454 e. The number of para-hydroxylation sites is 2. The Morgan fingerprint density at radius 1 is 0.553 bits per heavy atom. The summed E-state index contributed by atoms with van der Waals surface area (Å²) in [4.78, 5) is 14.4. The maximum atomic E-state index is 6.28. The molecule has 38 heavy (non-hydrogen) atoms. The van der Waals surface area contributed by atoms with Crippen molar-refractivity contribution in [3.63, 3.8) is 0 Å². The van der Waals surface area contributed by atoms with E-state index >= 15 is 0 Å². The van der Waals surface area contributed by atoms with Crippen LogP contribution >= 0.6 is 0 Å². The second-order valence-electron chi connectivity index (χ2n) is 8.98. The number of aromatic nitrogens is 3. The van der Waals surface area contributed by atoms with Crippen LogP contribution in [0.1, 0.15) is 0 Å². The third-order valence-corrected chi connectivity index (χ3v) is 6.63. The van der Waals surface area contributed by atoms with E-state index in [1.54, 1.807) is 6.20 Å². The molecule has 7 aromatic rings. The van der Waals surface area contributed by atoms with Gasteiger partial charge in [-0.15, -0.1) is 0 Å². The Bertz CT molecular complexity index is 1910. The van der Waals surface area contributed by atoms with Gasteiger partial charge in [0, 0.05) is 45.5 Å². The van der Waals surface area contributed by atoms with Crippen LogP contribution in [0.25, 0.3) is 55.7 Å². The molecule has 5 heteroatoms. The molecule has 0 atom stereocenters. The summed E-state index contributed by atoms with van der Waals surface area (Å²) in [5, 5.41) is 5.68. The first-order chi connectivity index (χ1) is 18.8. The van der Waals surface area contributed by atoms with Crippen LogP contribution in [-0.4, -0.2) is 15.0 Å². The number of pyridine rings is 3. The standard InChI is InChI=1S/C33H22N4O/c1-2-10-22(11-3-1)27-16-8-17-29(36-27)26-14-9-20-35-33(26)37-28-15-6-4-13-25(28)31-32-24(19-21-34-31)23-12-5-7-18-30(23)38-32/h1-21H,(H,35,37). The summed E-state index contributed by atoms with van der Waals surface area (Å²) in [6.45, 7) is 0. The fourth-order valence-corrected chi connectivity index (χ4v) is 4.84. The van der Waals surface area contributed by atoms with Crippen LogP contribution in [-0.2, 0) is 0 Å². The van der Waals surface area contributed by atoms with Gasteiger partial charge in [-0.1, -0.05) is 72.8 Å². The SMILES string of the molecule is c1ccc(-c2cccc(-c3cccnc3Nc3ccccc3-c3nccc4c3oc3ccccc34)n2)cc1. The normalized spacial score (nSPS) is 11.2. The van der Waals surface area contributed by atoms with Gasteiger partial charge in [-0.05, 0) is 42.5 Å². The van der Waals surface area contributed by atoms with E-state index in [0.717, 1.165) is 67.2 Å². The molecule has 0 spiro atoms. The highest BCUT2D eigenvalue weighted by atomic mass is 16.3. The van der Waals surface area contributed by atoms with Gasteiger partial charge in [0.05, 0.1) is 11.4 Å². The maximum absolute atomic E-state index is 6.28. The topological polar surface area (TPSA) is 63.8 Å². The lowest BCUT2D eigenvalue weighted by molar-refractivity contribution is 0.668. The Kier molecular flexibility index (Phi) is 5.37. The molecule has 0 amide bonds. The van der Waals surface area contributed by atoms with Gasteiger partial charge < -0.3 is 9.73 Å². The summed E-state index contributed by atoms with van der Waals surface area (Å²) in [6.07, 6.45) is 3.62. The second-order valence-corrected chi connectivity index (χ2v) is 8.98. The summed E-state index contributed by atoms with van der Waals surface area (Å²) < 4.78 is 6.28. The van der Waals surface area contributed by atoms with Gasteiger partial charge >= 0.3 is 0 Å². The summed E-state index contributed by atoms with van der Waals surface area (Å²) in [7, 11) is 0. The second kappa shape index (κ2) is 9.30. The largest absolute Gasteiger partial charge is 0.454 e. The molecule has 0 aliphatic heterocycles. The quantitative estimate of drug-likeness (QED) is 0.262. The highest BCUT2D eigenvalue weighted by Crippen LogP contribution is 2.38. The fourth-order valence-electron chi connectivity index (χ4n) is 4.84. The lowest BCUT2D eigenvalue weighted by Crippen LogP contribution is -2.00. The minimum absolute atomic E-state index is 0.717. The molecular formula is C33H22N4O. The third-order valence-electron chi connectivity index (χ3n) is 6.63. The number of anilines is 2. The molecular weight excluding hydrogens is 468 g/mol. The number of nitrogens with one attached hydrogen (secondary N) is 1. The first-order valence-corrected chi connectivity index (χ1v) is 12.5. The summed E-state index contributed by atoms with van der Waals surface area (Å²) >= 11 is 0. The summed E-state index contributed by atoms with van der Waals surface area (Å²) in [6, 6.07) is 38.4. The van der Waals surface area contributed by atoms with E-state index in [-0.39, 0.29) is 0 Å². The molecule has 0 saturated heterocycles. The number of hydrogen-bond acceptors (Lipinski definition) is 5. The molecule has 0 aliphatic rings. The Labute approximate surface area is 219 Å². The van der Waals surface area contributed by atoms with Crippen LogP contribution in [0, 0.1) is 0 Å². The average Bonchev–Trinajstić information content (AvgIpc) is 3.37. The number of rotatable bonds is 5. The van der Waals surface area contributed by atoms with Crippen molar-refractivity contribution in [2.75, 3.05) is 5.32 Å². The van der Waals surface area contributed by atoms with Crippen molar-refractivity contribution in [1.29, 1.82) is 0 Å². The number of furan rings is 1. The zero-order chi connectivity index (χ0) is 25.3. The van der Waals surface area contributed by atoms with Crippen molar-refractivity contribution < 1.29 is 4.42 Å². The molecule has 4 aromatic heterocycles. The minimum atomic E-state index is 0.717. The zero-order valence-corrected chi connectivity index (χ0v) is 20.4. The number of benzene rings is 3. The summed E-state index contributed by atoms with van der Waals surface area (Å²) in [5.74, 6) is 0.717. The molecule has 1 N–H and O–H groups in total. The highest BCUT2D eigenvalue weighted by Gasteiger charge is 2.17. The van der Waals surface area contributed by atoms with Gasteiger partial charge in [0.2, 0.25) is 0 Å². The van der Waals surface area contributed by atoms with Crippen molar-refractivity contribution in [2.45, 2.75) is 0 Å². The number of fused-ring (bicyclic) bond motifs is 3. The molecule has 0 aliphatic carbocycles. The predicted molar refractivity (Wildman–Crippen MR) is 153 cm³/mol. The molecule has 5 nitrogen and oxygen atoms in total. The lowest BCUT2D eigenvalue weighted by atomic mass is 10.1. The fraction of sp³-hybridized carbons (Fsp3) is 0. The van der Waals surface area contributed by atoms with Crippen LogP contribution in [0.15, 0.2) is 132 Å². The Hall–Kier alpha value is -5.29. The van der Waals surface area contributed by atoms with Gasteiger partial charge in [0.15, 0.2) is 5.58 Å². The van der Waals surface area contributed by atoms with Gasteiger partial charge in [-0.2, -0.15) is 0 Å². The molecule has 0 bridgehead atoms. The van der Waals surface area contributed by atoms with E-state index < -0.39 is 0 Å². The van der Waals surface area contributed by atoms with Gasteiger partial charge in [-0.25, -0.2) is 9.97 Å². The van der Waals surface area contributed by atoms with Crippen LogP contribution < -0.4 is 5.32 Å². The molecule has 7 rings (SSSR count). The maximum Gasteiger partial charge on any atom is 0.161 e. The third kappa shape index (κ3) is 3.87. The molecule has 180 valence electrons. The van der Waals surface area contributed by atoms with Crippen LogP contribution in [0.3, 0.4) is 0 Å². The molecule has 0 fully saturated rings. The summed E-state index contributed by atoms with van der Waals surface area (Å²) in [5.41, 5.74) is 7.95. The van der Waals surface area contributed by atoms with Gasteiger partial charge in [0.1, 0.15) is 17.1 Å². The smallest absolute Gasteiger partial charge is 0.161 e. The van der Waals surface area contributed by atoms with Crippen LogP contribution in [0.4, 0.5) is 11.5 Å². The van der Waals surface area contributed by atoms with Crippen molar-refractivity contribution in [3.8, 4) is 33.8 Å². The van der Waals surface area contributed by atoms with Gasteiger partial charge in [0.25, 0.3) is 0 Å². The van der Waals surface area contributed by atoms with E-state index in [9.17, 15) is 0 Å². The van der Waals surface area contributed by atoms with Crippen LogP contribution in [0.5, 0.6) is 0 Å². The highest BCUT2D eigenvalue weighted by molar-refractivity contribution is 6.09. The lowest BCUT2D eigenvalue weighted by Gasteiger charge is -2.14. The Morgan fingerprint density at radius 2 is 1.34 bits per heavy atom. The predicted octanol–water partition coefficient (Wildman–Crippen LogP) is 8.52. The molecule has 4 heterocycles. The first-order valence-electron chi connectivity index (χ1n) is 12.5. The molecule has 0 saturated carbocycles. The number of nitrogens with zero attached hydrogens (tertiary/aromatic N) is 3. The van der Waals surface area contributed by atoms with E-state index in [2.05, 4.69) is 28.5 Å². The van der Waals surface area contributed by atoms with Crippen molar-refractivity contribution in [3.05, 3.63) is 128 Å². The first kappa shape index (κ1) is 21.9. The monoisotopic (exact) mass is 490 g/mol. The van der Waals surface area contributed by atoms with Crippen molar-refractivity contribution in [2.24, 2.45) is 0 Å². The zero-order valence-electron chi connectivity index (χ0n) is 20.4. The Balaban J connectivity index is 1.32.